The van der Waals surface area contributed by atoms with E-state index >= 15 is 0 Å². The number of hydrogen-bond acceptors (Lipinski definition) is 8. The third kappa shape index (κ3) is 6.02. The maximum absolute atomic E-state index is 11.4. The van der Waals surface area contributed by atoms with Crippen LogP contribution in [0.5, 0.6) is 11.5 Å². The van der Waals surface area contributed by atoms with Crippen molar-refractivity contribution in [2.75, 3.05) is 51.6 Å². The number of methoxy groups -OCH3 is 1. The van der Waals surface area contributed by atoms with Crippen LogP contribution in [-0.2, 0) is 6.54 Å². The molecule has 2 heterocycles. The number of hydrogen-bond donors (Lipinski definition) is 2. The average Bonchev–Trinajstić information content (AvgIpc) is 3.36. The van der Waals surface area contributed by atoms with Crippen molar-refractivity contribution < 1.29 is 14.6 Å². The molecule has 0 amide bonds. The van der Waals surface area contributed by atoms with Crippen molar-refractivity contribution in [2.24, 2.45) is 0 Å². The lowest BCUT2D eigenvalue weighted by molar-refractivity contribution is 0.112. The monoisotopic (exact) mass is 584 g/mol. The summed E-state index contributed by atoms with van der Waals surface area (Å²) in [7, 11) is 7.79. The van der Waals surface area contributed by atoms with E-state index in [0.717, 1.165) is 40.9 Å². The molecule has 0 spiro atoms. The van der Waals surface area contributed by atoms with Crippen LogP contribution in [0.2, 0.25) is 5.02 Å². The number of anilines is 3. The highest BCUT2D eigenvalue weighted by Crippen LogP contribution is 2.36. The van der Waals surface area contributed by atoms with Gasteiger partial charge in [-0.3, -0.25) is 4.79 Å². The fraction of sp³-hybridized carbons (Fsp3) is 0.219. The predicted molar refractivity (Wildman–Crippen MR) is 169 cm³/mol. The van der Waals surface area contributed by atoms with Crippen molar-refractivity contribution in [3.63, 3.8) is 0 Å². The Hall–Kier alpha value is -4.60. The average molecular weight is 585 g/mol. The fourth-order valence-corrected chi connectivity index (χ4v) is 5.01. The highest BCUT2D eigenvalue weighted by molar-refractivity contribution is 6.33. The van der Waals surface area contributed by atoms with Gasteiger partial charge in [-0.1, -0.05) is 41.9 Å². The number of likely N-dealkylation sites (N-methyl/N-ethyl adjacent to an activating group) is 2. The topological polar surface area (TPSA) is 95.8 Å². The van der Waals surface area contributed by atoms with E-state index in [-0.39, 0.29) is 11.3 Å². The van der Waals surface area contributed by atoms with Crippen molar-refractivity contribution in [1.82, 2.24) is 19.4 Å². The molecule has 0 aliphatic rings. The van der Waals surface area contributed by atoms with Gasteiger partial charge in [0.2, 0.25) is 5.95 Å². The van der Waals surface area contributed by atoms with E-state index in [1.807, 2.05) is 53.2 Å². The number of aromatic hydroxyl groups is 1. The molecule has 0 bridgehead atoms. The summed E-state index contributed by atoms with van der Waals surface area (Å²) < 4.78 is 7.70. The number of nitrogens with zero attached hydrogens (tertiary/aromatic N) is 5. The van der Waals surface area contributed by atoms with E-state index in [9.17, 15) is 9.90 Å². The van der Waals surface area contributed by atoms with Gasteiger partial charge in [0, 0.05) is 60.1 Å². The minimum Gasteiger partial charge on any atom is -0.507 e. The fourth-order valence-electron chi connectivity index (χ4n) is 4.82. The standard InChI is InChI=1S/C32H33ClN6O3/c1-37(2)14-15-38(3)23-12-13-27(29(16-23)42-4)35-32-34-17-26(33)30(36-32)25-19-39(28-11-6-5-10-24(25)28)18-21-8-7-9-22(20-40)31(21)41/h5-13,16-17,19-20,41H,14-15,18H2,1-4H3,(H,34,35,36). The van der Waals surface area contributed by atoms with Crippen molar-refractivity contribution >= 4 is 46.1 Å². The summed E-state index contributed by atoms with van der Waals surface area (Å²) in [6.07, 6.45) is 4.18. The molecular formula is C32H33ClN6O3. The zero-order valence-electron chi connectivity index (χ0n) is 24.0. The molecule has 2 N–H and O–H groups in total. The van der Waals surface area contributed by atoms with Crippen molar-refractivity contribution in [2.45, 2.75) is 6.54 Å². The van der Waals surface area contributed by atoms with Crippen LogP contribution in [-0.4, -0.2) is 72.2 Å². The van der Waals surface area contributed by atoms with Gasteiger partial charge in [0.05, 0.1) is 41.8 Å². The van der Waals surface area contributed by atoms with Crippen LogP contribution in [0.4, 0.5) is 17.3 Å². The highest BCUT2D eigenvalue weighted by atomic mass is 35.5. The van der Waals surface area contributed by atoms with E-state index < -0.39 is 0 Å². The van der Waals surface area contributed by atoms with Gasteiger partial charge >= 0.3 is 0 Å². The Morgan fingerprint density at radius 1 is 1.07 bits per heavy atom. The molecule has 0 aliphatic heterocycles. The van der Waals surface area contributed by atoms with Gasteiger partial charge in [0.1, 0.15) is 11.5 Å². The number of ether oxygens (including phenoxy) is 1. The minimum absolute atomic E-state index is 0.0257. The van der Waals surface area contributed by atoms with E-state index in [1.165, 1.54) is 0 Å². The quantitative estimate of drug-likeness (QED) is 0.181. The van der Waals surface area contributed by atoms with Crippen LogP contribution >= 0.6 is 11.6 Å². The van der Waals surface area contributed by atoms with Crippen molar-refractivity contribution in [1.29, 1.82) is 0 Å². The first-order chi connectivity index (χ1) is 20.3. The Kier molecular flexibility index (Phi) is 8.61. The summed E-state index contributed by atoms with van der Waals surface area (Å²) in [5.74, 6) is 1.01. The number of rotatable bonds is 11. The van der Waals surface area contributed by atoms with Gasteiger partial charge < -0.3 is 29.5 Å². The number of fused-ring (bicyclic) bond motifs is 1. The Bertz CT molecular complexity index is 1740. The molecule has 0 radical (unpaired) electrons. The SMILES string of the molecule is COc1cc(N(C)CCN(C)C)ccc1Nc1ncc(Cl)c(-c2cn(Cc3cccc(C=O)c3O)c3ccccc23)n1. The number of phenols is 1. The molecule has 42 heavy (non-hydrogen) atoms. The molecular weight excluding hydrogens is 552 g/mol. The van der Waals surface area contributed by atoms with Crippen LogP contribution in [0.15, 0.2) is 73.1 Å². The zero-order chi connectivity index (χ0) is 29.8. The number of phenolic OH excluding ortho intramolecular Hbond substituents is 1. The van der Waals surface area contributed by atoms with E-state index in [1.54, 1.807) is 31.5 Å². The van der Waals surface area contributed by atoms with Crippen molar-refractivity contribution in [3.8, 4) is 22.8 Å². The molecule has 3 aromatic carbocycles. The molecule has 0 saturated heterocycles. The molecule has 10 heteroatoms. The lowest BCUT2D eigenvalue weighted by Gasteiger charge is -2.23. The highest BCUT2D eigenvalue weighted by Gasteiger charge is 2.18. The molecule has 0 fully saturated rings. The first-order valence-corrected chi connectivity index (χ1v) is 13.8. The van der Waals surface area contributed by atoms with E-state index in [2.05, 4.69) is 41.2 Å². The maximum atomic E-state index is 11.4. The van der Waals surface area contributed by atoms with Gasteiger partial charge in [0.25, 0.3) is 0 Å². The lowest BCUT2D eigenvalue weighted by atomic mass is 10.1. The third-order valence-electron chi connectivity index (χ3n) is 7.16. The number of benzene rings is 3. The van der Waals surface area contributed by atoms with Gasteiger partial charge in [0.15, 0.2) is 6.29 Å². The summed E-state index contributed by atoms with van der Waals surface area (Å²) in [6.45, 7) is 2.17. The van der Waals surface area contributed by atoms with Gasteiger partial charge in [-0.15, -0.1) is 0 Å². The second kappa shape index (κ2) is 12.5. The van der Waals surface area contributed by atoms with E-state index in [4.69, 9.17) is 21.3 Å². The summed E-state index contributed by atoms with van der Waals surface area (Å²) in [6, 6.07) is 19.0. The summed E-state index contributed by atoms with van der Waals surface area (Å²) in [4.78, 5) is 24.9. The van der Waals surface area contributed by atoms with Crippen LogP contribution in [0.3, 0.4) is 0 Å². The number of para-hydroxylation sites is 2. The first kappa shape index (κ1) is 28.9. The normalized spacial score (nSPS) is 11.2. The smallest absolute Gasteiger partial charge is 0.227 e. The minimum atomic E-state index is -0.0257. The number of halogens is 1. The van der Waals surface area contributed by atoms with Crippen LogP contribution in [0.25, 0.3) is 22.2 Å². The molecule has 0 aliphatic carbocycles. The van der Waals surface area contributed by atoms with Crippen molar-refractivity contribution in [3.05, 3.63) is 89.2 Å². The van der Waals surface area contributed by atoms with Crippen LogP contribution < -0.4 is 15.0 Å². The number of aromatic nitrogens is 3. The van der Waals surface area contributed by atoms with Gasteiger partial charge in [-0.25, -0.2) is 9.97 Å². The molecule has 5 rings (SSSR count). The molecule has 0 unspecified atom stereocenters. The number of aldehydes is 1. The molecule has 2 aromatic heterocycles. The lowest BCUT2D eigenvalue weighted by Crippen LogP contribution is -2.28. The second-order valence-electron chi connectivity index (χ2n) is 10.3. The van der Waals surface area contributed by atoms with Crippen LogP contribution in [0, 0.1) is 0 Å². The summed E-state index contributed by atoms with van der Waals surface area (Å²) >= 11 is 6.66. The Morgan fingerprint density at radius 3 is 2.64 bits per heavy atom. The Morgan fingerprint density at radius 2 is 1.88 bits per heavy atom. The zero-order valence-corrected chi connectivity index (χ0v) is 24.8. The number of carbonyl (C=O) groups is 1. The number of nitrogens with one attached hydrogen (secondary N) is 1. The van der Waals surface area contributed by atoms with E-state index in [0.29, 0.717) is 40.8 Å². The Balaban J connectivity index is 1.48. The van der Waals surface area contributed by atoms with Gasteiger partial charge in [-0.05, 0) is 38.4 Å². The largest absolute Gasteiger partial charge is 0.507 e. The Labute approximate surface area is 250 Å². The molecule has 216 valence electrons. The summed E-state index contributed by atoms with van der Waals surface area (Å²) in [5, 5.41) is 15.2. The summed E-state index contributed by atoms with van der Waals surface area (Å²) in [5.41, 5.74) is 4.96. The molecule has 9 nitrogen and oxygen atoms in total. The van der Waals surface area contributed by atoms with Crippen LogP contribution in [0.1, 0.15) is 15.9 Å². The first-order valence-electron chi connectivity index (χ1n) is 13.5. The molecule has 0 atom stereocenters. The number of carbonyl (C=O) groups excluding carboxylic acids is 1. The van der Waals surface area contributed by atoms with Gasteiger partial charge in [-0.2, -0.15) is 0 Å². The molecule has 5 aromatic rings. The maximum Gasteiger partial charge on any atom is 0.227 e. The third-order valence-corrected chi connectivity index (χ3v) is 7.44. The molecule has 0 saturated carbocycles. The predicted octanol–water partition coefficient (Wildman–Crippen LogP) is 6.07. The second-order valence-corrected chi connectivity index (χ2v) is 10.7.